The summed E-state index contributed by atoms with van der Waals surface area (Å²) in [6.07, 6.45) is 10.2. The van der Waals surface area contributed by atoms with E-state index in [2.05, 4.69) is 24.0 Å². The van der Waals surface area contributed by atoms with E-state index in [1.807, 2.05) is 48.5 Å². The van der Waals surface area contributed by atoms with Crippen LogP contribution >= 0.6 is 0 Å². The van der Waals surface area contributed by atoms with Gasteiger partial charge in [0, 0.05) is 18.1 Å². The molecule has 5 heteroatoms. The summed E-state index contributed by atoms with van der Waals surface area (Å²) in [5.41, 5.74) is 2.68. The van der Waals surface area contributed by atoms with Gasteiger partial charge in [-0.1, -0.05) is 60.7 Å². The topological polar surface area (TPSA) is 75.6 Å². The molecule has 1 aliphatic carbocycles. The maximum Gasteiger partial charge on any atom is 0.331 e. The van der Waals surface area contributed by atoms with E-state index in [1.54, 1.807) is 0 Å². The molecule has 0 fully saturated rings. The smallest absolute Gasteiger partial charge is 0.331 e. The molecular formula is C29H35NO4. The fourth-order valence-corrected chi connectivity index (χ4v) is 4.88. The molecule has 2 N–H and O–H groups in total. The number of hydrogen-bond acceptors (Lipinski definition) is 4. The fourth-order valence-electron chi connectivity index (χ4n) is 4.88. The summed E-state index contributed by atoms with van der Waals surface area (Å²) in [7, 11) is 0. The highest BCUT2D eigenvalue weighted by Crippen LogP contribution is 2.45. The third kappa shape index (κ3) is 6.91. The highest BCUT2D eigenvalue weighted by Gasteiger charge is 2.45. The number of fused-ring (bicyclic) bond motifs is 1. The maximum absolute atomic E-state index is 12.8. The number of carbonyl (C=O) groups excluding carboxylic acids is 1. The van der Waals surface area contributed by atoms with E-state index >= 15 is 0 Å². The first-order valence-electron chi connectivity index (χ1n) is 12.1. The van der Waals surface area contributed by atoms with Crippen LogP contribution in [0.3, 0.4) is 0 Å². The van der Waals surface area contributed by atoms with E-state index in [0.29, 0.717) is 6.42 Å². The Labute approximate surface area is 202 Å². The lowest BCUT2D eigenvalue weighted by molar-refractivity contribution is -0.163. The van der Waals surface area contributed by atoms with Crippen molar-refractivity contribution < 1.29 is 19.4 Å². The molecule has 0 amide bonds. The Morgan fingerprint density at radius 1 is 0.971 bits per heavy atom. The van der Waals surface area contributed by atoms with Gasteiger partial charge in [-0.3, -0.25) is 0 Å². The minimum atomic E-state index is -1.17. The molecular weight excluding hydrogens is 426 g/mol. The number of carboxylic acids is 1. The third-order valence-electron chi connectivity index (χ3n) is 6.53. The van der Waals surface area contributed by atoms with E-state index in [9.17, 15) is 9.59 Å². The summed E-state index contributed by atoms with van der Waals surface area (Å²) >= 11 is 0. The summed E-state index contributed by atoms with van der Waals surface area (Å²) in [6, 6.07) is 18.3. The second-order valence-electron chi connectivity index (χ2n) is 8.86. The monoisotopic (exact) mass is 461 g/mol. The summed E-state index contributed by atoms with van der Waals surface area (Å²) in [5, 5.41) is 12.5. The van der Waals surface area contributed by atoms with Crippen molar-refractivity contribution in [1.29, 1.82) is 0 Å². The van der Waals surface area contributed by atoms with Crippen LogP contribution in [-0.4, -0.2) is 30.1 Å². The van der Waals surface area contributed by atoms with Gasteiger partial charge in [-0.15, -0.1) is 6.58 Å². The van der Waals surface area contributed by atoms with Crippen LogP contribution < -0.4 is 5.32 Å². The first kappa shape index (κ1) is 25.4. The summed E-state index contributed by atoms with van der Waals surface area (Å²) < 4.78 is 6.22. The predicted octanol–water partition coefficient (Wildman–Crippen LogP) is 5.21. The molecule has 2 aromatic carbocycles. The number of rotatable bonds is 14. The largest absolute Gasteiger partial charge is 0.478 e. The maximum atomic E-state index is 12.8. The molecule has 0 saturated carbocycles. The van der Waals surface area contributed by atoms with Crippen molar-refractivity contribution in [3.05, 3.63) is 96.1 Å². The number of aliphatic carboxylic acids is 1. The van der Waals surface area contributed by atoms with Crippen molar-refractivity contribution >= 4 is 11.9 Å². The van der Waals surface area contributed by atoms with Gasteiger partial charge in [-0.25, -0.2) is 9.59 Å². The molecule has 0 spiro atoms. The number of allylic oxidation sites excluding steroid dienone is 1. The molecule has 0 saturated heterocycles. The zero-order valence-electron chi connectivity index (χ0n) is 19.7. The lowest BCUT2D eigenvalue weighted by Crippen LogP contribution is -2.41. The third-order valence-corrected chi connectivity index (χ3v) is 6.53. The molecule has 5 nitrogen and oxygen atoms in total. The minimum Gasteiger partial charge on any atom is -0.478 e. The molecule has 1 aliphatic rings. The second-order valence-corrected chi connectivity index (χ2v) is 8.86. The van der Waals surface area contributed by atoms with Gasteiger partial charge in [-0.05, 0) is 74.7 Å². The van der Waals surface area contributed by atoms with Gasteiger partial charge in [0.15, 0.2) is 0 Å². The van der Waals surface area contributed by atoms with Crippen molar-refractivity contribution in [2.45, 2.75) is 50.5 Å². The summed E-state index contributed by atoms with van der Waals surface area (Å²) in [4.78, 5) is 23.8. The average molecular weight is 462 g/mol. The van der Waals surface area contributed by atoms with E-state index in [4.69, 9.17) is 9.84 Å². The van der Waals surface area contributed by atoms with Crippen LogP contribution in [0, 0.1) is 5.92 Å². The number of carboxylic acid groups (broad SMARTS) is 1. The quantitative estimate of drug-likeness (QED) is 0.175. The summed E-state index contributed by atoms with van der Waals surface area (Å²) in [5.74, 6) is -1.72. The van der Waals surface area contributed by atoms with Crippen LogP contribution in [-0.2, 0) is 32.8 Å². The Balaban J connectivity index is 1.82. The zero-order valence-corrected chi connectivity index (χ0v) is 19.7. The van der Waals surface area contributed by atoms with Gasteiger partial charge >= 0.3 is 11.9 Å². The van der Waals surface area contributed by atoms with Crippen molar-refractivity contribution in [3.8, 4) is 0 Å². The molecule has 3 rings (SSSR count). The molecule has 0 aromatic heterocycles. The number of esters is 1. The average Bonchev–Trinajstić information content (AvgIpc) is 3.29. The van der Waals surface area contributed by atoms with Crippen LogP contribution in [0.15, 0.2) is 79.4 Å². The zero-order chi connectivity index (χ0) is 24.2. The lowest BCUT2D eigenvalue weighted by Gasteiger charge is -2.39. The Kier molecular flexibility index (Phi) is 9.65. The molecule has 0 bridgehead atoms. The van der Waals surface area contributed by atoms with Crippen LogP contribution in [0.5, 0.6) is 0 Å². The number of benzene rings is 2. The Morgan fingerprint density at radius 2 is 1.62 bits per heavy atom. The van der Waals surface area contributed by atoms with Crippen LogP contribution in [0.1, 0.15) is 48.8 Å². The SMILES string of the molecule is C=CCCCCNCCCC(OC(=O)/C=C\C(=O)O)(c1ccccc1)C1Cc2ccccc2C1. The van der Waals surface area contributed by atoms with Gasteiger partial charge < -0.3 is 15.2 Å². The lowest BCUT2D eigenvalue weighted by atomic mass is 9.76. The minimum absolute atomic E-state index is 0.0714. The molecule has 2 aromatic rings. The van der Waals surface area contributed by atoms with E-state index in [1.165, 1.54) is 11.1 Å². The number of ether oxygens (including phenoxy) is 1. The van der Waals surface area contributed by atoms with Crippen LogP contribution in [0.4, 0.5) is 0 Å². The van der Waals surface area contributed by atoms with Crippen LogP contribution in [0.25, 0.3) is 0 Å². The highest BCUT2D eigenvalue weighted by atomic mass is 16.6. The molecule has 1 atom stereocenters. The Hall–Kier alpha value is -3.18. The molecule has 180 valence electrons. The molecule has 0 heterocycles. The second kappa shape index (κ2) is 12.9. The van der Waals surface area contributed by atoms with E-state index in [-0.39, 0.29) is 5.92 Å². The van der Waals surface area contributed by atoms with Gasteiger partial charge in [0.05, 0.1) is 0 Å². The van der Waals surface area contributed by atoms with Crippen molar-refractivity contribution in [1.82, 2.24) is 5.32 Å². The van der Waals surface area contributed by atoms with Gasteiger partial charge in [0.25, 0.3) is 0 Å². The first-order chi connectivity index (χ1) is 16.5. The molecule has 0 radical (unpaired) electrons. The van der Waals surface area contributed by atoms with E-state index < -0.39 is 17.5 Å². The first-order valence-corrected chi connectivity index (χ1v) is 12.1. The molecule has 34 heavy (non-hydrogen) atoms. The van der Waals surface area contributed by atoms with Gasteiger partial charge in [0.2, 0.25) is 0 Å². The predicted molar refractivity (Wildman–Crippen MR) is 134 cm³/mol. The number of unbranched alkanes of at least 4 members (excludes halogenated alkanes) is 2. The Bertz CT molecular complexity index is 960. The Morgan fingerprint density at radius 3 is 2.26 bits per heavy atom. The molecule has 1 unspecified atom stereocenters. The number of hydrogen-bond donors (Lipinski definition) is 2. The standard InChI is InChI=1S/C29H35NO4/c1-2-3-4-10-19-30-20-11-18-29(25-14-6-5-7-15-25,34-28(33)17-16-27(31)32)26-21-23-12-8-9-13-24(23)22-26/h2,5-9,12-17,26,30H,1,3-4,10-11,18-22H2,(H,31,32)/b17-16-. The van der Waals surface area contributed by atoms with Crippen molar-refractivity contribution in [3.63, 3.8) is 0 Å². The van der Waals surface area contributed by atoms with Gasteiger partial charge in [-0.2, -0.15) is 0 Å². The van der Waals surface area contributed by atoms with Crippen LogP contribution in [0.2, 0.25) is 0 Å². The van der Waals surface area contributed by atoms with Crippen molar-refractivity contribution in [2.24, 2.45) is 5.92 Å². The summed E-state index contributed by atoms with van der Waals surface area (Å²) in [6.45, 7) is 5.53. The highest BCUT2D eigenvalue weighted by molar-refractivity contribution is 5.91. The van der Waals surface area contributed by atoms with Crippen molar-refractivity contribution in [2.75, 3.05) is 13.1 Å². The number of carbonyl (C=O) groups is 2. The number of nitrogens with one attached hydrogen (secondary N) is 1. The normalized spacial score (nSPS) is 15.1. The van der Waals surface area contributed by atoms with Gasteiger partial charge in [0.1, 0.15) is 5.60 Å². The fraction of sp³-hybridized carbons (Fsp3) is 0.379. The molecule has 0 aliphatic heterocycles. The van der Waals surface area contributed by atoms with E-state index in [0.717, 1.165) is 69.3 Å².